The minimum absolute atomic E-state index is 0.172. The minimum atomic E-state index is -0.883. The van der Waals surface area contributed by atoms with Gasteiger partial charge in [-0.15, -0.1) is 0 Å². The summed E-state index contributed by atoms with van der Waals surface area (Å²) in [6.07, 6.45) is 0. The van der Waals surface area contributed by atoms with Gasteiger partial charge in [-0.05, 0) is 36.1 Å². The molecule has 2 saturated heterocycles. The molecule has 42 heavy (non-hydrogen) atoms. The van der Waals surface area contributed by atoms with E-state index < -0.39 is 34.9 Å². The molecule has 8 nitrogen and oxygen atoms in total. The zero-order chi connectivity index (χ0) is 29.5. The highest BCUT2D eigenvalue weighted by atomic mass is 16.6. The fraction of sp³-hybridized carbons (Fsp3) is 0.206. The van der Waals surface area contributed by atoms with Crippen molar-refractivity contribution in [2.45, 2.75) is 31.8 Å². The molecule has 0 aromatic heterocycles. The van der Waals surface area contributed by atoms with Crippen molar-refractivity contribution >= 4 is 23.4 Å². The Morgan fingerprint density at radius 1 is 0.810 bits per heavy atom. The van der Waals surface area contributed by atoms with Crippen LogP contribution in [0.15, 0.2) is 103 Å². The average Bonchev–Trinajstić information content (AvgIpc) is 3.49. The Morgan fingerprint density at radius 2 is 1.45 bits per heavy atom. The van der Waals surface area contributed by atoms with Crippen molar-refractivity contribution in [3.8, 4) is 11.1 Å². The first kappa shape index (κ1) is 27.1. The molecule has 3 amide bonds. The summed E-state index contributed by atoms with van der Waals surface area (Å²) in [6, 6.07) is 28.8. The van der Waals surface area contributed by atoms with Crippen LogP contribution >= 0.6 is 0 Å². The molecular formula is C34H29N3O5. The predicted molar refractivity (Wildman–Crippen MR) is 158 cm³/mol. The van der Waals surface area contributed by atoms with Crippen molar-refractivity contribution in [2.24, 2.45) is 5.92 Å². The maximum atomic E-state index is 14.5. The molecule has 2 aliphatic rings. The molecule has 6 rings (SSSR count). The highest BCUT2D eigenvalue weighted by Gasteiger charge is 2.62. The minimum Gasteiger partial charge on any atom is -0.304 e. The highest BCUT2D eigenvalue weighted by Crippen LogP contribution is 2.54. The van der Waals surface area contributed by atoms with Crippen molar-refractivity contribution in [1.82, 2.24) is 9.80 Å². The van der Waals surface area contributed by atoms with Gasteiger partial charge in [0.2, 0.25) is 0 Å². The van der Waals surface area contributed by atoms with Crippen LogP contribution in [0.3, 0.4) is 0 Å². The Labute approximate surface area is 243 Å². The van der Waals surface area contributed by atoms with E-state index in [-0.39, 0.29) is 29.5 Å². The number of non-ortho nitro benzene ring substituents is 1. The molecule has 0 N–H and O–H groups in total. The van der Waals surface area contributed by atoms with E-state index in [9.17, 15) is 24.5 Å². The van der Waals surface area contributed by atoms with Gasteiger partial charge in [-0.25, -0.2) is 4.79 Å². The smallest absolute Gasteiger partial charge is 0.304 e. The number of hydrogen-bond acceptors (Lipinski definition) is 5. The van der Waals surface area contributed by atoms with E-state index in [1.54, 1.807) is 17.9 Å². The molecule has 4 atom stereocenters. The standard InChI is InChI=1S/C34H29N3O5/c1-3-35-33(39)31-28(24-14-12-21(2)13-15-24)29(32(38)26-10-7-11-27(20-26)37(41)42)30(36(31)34(35)40)25-18-16-23(17-19-25)22-8-5-4-6-9-22/h4-20,28-31H,3H2,1-2H3. The summed E-state index contributed by atoms with van der Waals surface area (Å²) < 4.78 is 0. The second-order valence-corrected chi connectivity index (χ2v) is 10.8. The van der Waals surface area contributed by atoms with E-state index in [4.69, 9.17) is 0 Å². The summed E-state index contributed by atoms with van der Waals surface area (Å²) in [6.45, 7) is 3.93. The topological polar surface area (TPSA) is 101 Å². The van der Waals surface area contributed by atoms with Crippen molar-refractivity contribution in [3.05, 3.63) is 135 Å². The Hall–Kier alpha value is -5.11. The number of nitrogens with zero attached hydrogens (tertiary/aromatic N) is 3. The number of rotatable bonds is 7. The third-order valence-electron chi connectivity index (χ3n) is 8.42. The lowest BCUT2D eigenvalue weighted by Gasteiger charge is -2.29. The molecule has 2 aliphatic heterocycles. The van der Waals surface area contributed by atoms with Crippen LogP contribution in [-0.4, -0.2) is 45.0 Å². The Kier molecular flexibility index (Phi) is 6.90. The molecule has 0 spiro atoms. The lowest BCUT2D eigenvalue weighted by atomic mass is 9.75. The van der Waals surface area contributed by atoms with Gasteiger partial charge in [0.25, 0.3) is 11.6 Å². The average molecular weight is 560 g/mol. The van der Waals surface area contributed by atoms with Gasteiger partial charge < -0.3 is 4.90 Å². The van der Waals surface area contributed by atoms with Crippen molar-refractivity contribution in [2.75, 3.05) is 6.54 Å². The maximum Gasteiger partial charge on any atom is 0.327 e. The first-order valence-corrected chi connectivity index (χ1v) is 13.9. The van der Waals surface area contributed by atoms with Crippen molar-refractivity contribution in [1.29, 1.82) is 0 Å². The molecule has 0 aliphatic carbocycles. The summed E-state index contributed by atoms with van der Waals surface area (Å²) in [4.78, 5) is 55.9. The van der Waals surface area contributed by atoms with Crippen LogP contribution in [0.25, 0.3) is 11.1 Å². The first-order chi connectivity index (χ1) is 20.3. The summed E-state index contributed by atoms with van der Waals surface area (Å²) in [5.74, 6) is -2.19. The lowest BCUT2D eigenvalue weighted by molar-refractivity contribution is -0.384. The fourth-order valence-electron chi connectivity index (χ4n) is 6.43. The second kappa shape index (κ2) is 10.7. The number of fused-ring (bicyclic) bond motifs is 1. The van der Waals surface area contributed by atoms with Crippen LogP contribution in [0.1, 0.15) is 45.9 Å². The number of amides is 3. The zero-order valence-corrected chi connectivity index (χ0v) is 23.2. The number of ketones is 1. The highest BCUT2D eigenvalue weighted by molar-refractivity contribution is 6.08. The molecule has 2 heterocycles. The van der Waals surface area contributed by atoms with Crippen LogP contribution < -0.4 is 0 Å². The van der Waals surface area contributed by atoms with Gasteiger partial charge in [0.15, 0.2) is 5.78 Å². The quantitative estimate of drug-likeness (QED) is 0.110. The number of likely N-dealkylation sites (N-methyl/N-ethyl adjacent to an activating group) is 1. The maximum absolute atomic E-state index is 14.5. The summed E-state index contributed by atoms with van der Waals surface area (Å²) in [5.41, 5.74) is 4.49. The van der Waals surface area contributed by atoms with Gasteiger partial charge in [0.05, 0.1) is 16.9 Å². The third kappa shape index (κ3) is 4.45. The van der Waals surface area contributed by atoms with Crippen LogP contribution in [0.5, 0.6) is 0 Å². The van der Waals surface area contributed by atoms with E-state index >= 15 is 0 Å². The first-order valence-electron chi connectivity index (χ1n) is 13.9. The molecule has 0 bridgehead atoms. The van der Waals surface area contributed by atoms with Gasteiger partial charge in [-0.3, -0.25) is 24.6 Å². The number of nitro benzene ring substituents is 1. The van der Waals surface area contributed by atoms with E-state index in [1.165, 1.54) is 23.1 Å². The van der Waals surface area contributed by atoms with Gasteiger partial charge in [0, 0.05) is 30.2 Å². The van der Waals surface area contributed by atoms with Crippen LogP contribution in [-0.2, 0) is 4.79 Å². The van der Waals surface area contributed by atoms with Gasteiger partial charge in [0.1, 0.15) is 6.04 Å². The zero-order valence-electron chi connectivity index (χ0n) is 23.2. The number of benzene rings is 4. The van der Waals surface area contributed by atoms with E-state index in [2.05, 4.69) is 0 Å². The van der Waals surface area contributed by atoms with Crippen molar-refractivity contribution < 1.29 is 19.3 Å². The number of nitro groups is 1. The van der Waals surface area contributed by atoms with Crippen LogP contribution in [0, 0.1) is 23.0 Å². The number of hydrogen-bond donors (Lipinski definition) is 0. The largest absolute Gasteiger partial charge is 0.327 e. The number of Topliss-reactive ketones (excluding diaryl/α,β-unsaturated/α-hetero) is 1. The Bertz CT molecular complexity index is 1680. The summed E-state index contributed by atoms with van der Waals surface area (Å²) in [5, 5.41) is 11.6. The molecule has 210 valence electrons. The van der Waals surface area contributed by atoms with Gasteiger partial charge >= 0.3 is 6.03 Å². The number of urea groups is 1. The fourth-order valence-corrected chi connectivity index (χ4v) is 6.43. The van der Waals surface area contributed by atoms with Gasteiger partial charge in [-0.2, -0.15) is 0 Å². The van der Waals surface area contributed by atoms with Gasteiger partial charge in [-0.1, -0.05) is 96.6 Å². The molecule has 2 fully saturated rings. The van der Waals surface area contributed by atoms with Crippen LogP contribution in [0.2, 0.25) is 0 Å². The van der Waals surface area contributed by atoms with Crippen LogP contribution in [0.4, 0.5) is 10.5 Å². The number of carbonyl (C=O) groups excluding carboxylic acids is 3. The van der Waals surface area contributed by atoms with E-state index in [1.807, 2.05) is 85.8 Å². The van der Waals surface area contributed by atoms with E-state index in [0.717, 1.165) is 27.8 Å². The molecular weight excluding hydrogens is 530 g/mol. The predicted octanol–water partition coefficient (Wildman–Crippen LogP) is 6.56. The summed E-state index contributed by atoms with van der Waals surface area (Å²) >= 11 is 0. The number of carbonyl (C=O) groups is 3. The molecule has 4 aromatic rings. The second-order valence-electron chi connectivity index (χ2n) is 10.8. The molecule has 0 radical (unpaired) electrons. The Morgan fingerprint density at radius 3 is 2.10 bits per heavy atom. The third-order valence-corrected chi connectivity index (χ3v) is 8.42. The molecule has 4 aromatic carbocycles. The SMILES string of the molecule is CCN1C(=O)C2C(c3ccc(C)cc3)C(C(=O)c3cccc([N+](=O)[O-])c3)C(c3ccc(-c4ccccc4)cc3)N2C1=O. The molecule has 0 saturated carbocycles. The normalized spacial score (nSPS) is 21.5. The van der Waals surface area contributed by atoms with Crippen molar-refractivity contribution in [3.63, 3.8) is 0 Å². The lowest BCUT2D eigenvalue weighted by Crippen LogP contribution is -2.38. The number of aryl methyl sites for hydroxylation is 1. The molecule has 8 heteroatoms. The monoisotopic (exact) mass is 559 g/mol. The number of imide groups is 1. The summed E-state index contributed by atoms with van der Waals surface area (Å²) in [7, 11) is 0. The Balaban J connectivity index is 1.53. The van der Waals surface area contributed by atoms with E-state index in [0.29, 0.717) is 0 Å². The molecule has 4 unspecified atom stereocenters.